The molecule has 41 heavy (non-hydrogen) atoms. The second-order valence-corrected chi connectivity index (χ2v) is 13.8. The Kier molecular flexibility index (Phi) is 13.7. The van der Waals surface area contributed by atoms with Gasteiger partial charge in [-0.1, -0.05) is 7.74 Å². The van der Waals surface area contributed by atoms with Crippen LogP contribution in [0.1, 0.15) is 101 Å². The van der Waals surface area contributed by atoms with Crippen LogP contribution in [0.2, 0.25) is 0 Å². The number of esters is 2. The van der Waals surface area contributed by atoms with Gasteiger partial charge >= 0.3 is 17.9 Å². The number of carboxylic acid groups (broad SMARTS) is 1. The lowest BCUT2D eigenvalue weighted by atomic mass is 9.81. The smallest absolute Gasteiger partial charge is 0.348 e. The number of halogens is 1. The third kappa shape index (κ3) is 8.36. The molecule has 1 N–H and O–H groups in total. The largest absolute Gasteiger partial charge is 0.477 e. The van der Waals surface area contributed by atoms with Gasteiger partial charge in [0.25, 0.3) is 0 Å². The van der Waals surface area contributed by atoms with Crippen molar-refractivity contribution < 1.29 is 29.0 Å². The van der Waals surface area contributed by atoms with E-state index in [1.54, 1.807) is 0 Å². The summed E-state index contributed by atoms with van der Waals surface area (Å²) in [5, 5.41) is 12.9. The van der Waals surface area contributed by atoms with E-state index < -0.39 is 5.97 Å². The molecule has 0 amide bonds. The zero-order valence-corrected chi connectivity index (χ0v) is 26.8. The molecule has 6 nitrogen and oxygen atoms in total. The van der Waals surface area contributed by atoms with Gasteiger partial charge in [-0.2, -0.15) is 7.74 Å². The molecule has 0 aromatic carbocycles. The Morgan fingerprint density at radius 1 is 0.707 bits per heavy atom. The van der Waals surface area contributed by atoms with Crippen molar-refractivity contribution in [1.82, 2.24) is 0 Å². The monoisotopic (exact) mass is 677 g/mol. The lowest BCUT2D eigenvalue weighted by molar-refractivity contribution is 0.0596. The zero-order valence-electron chi connectivity index (χ0n) is 22.8. The Bertz CT molecular complexity index is 1350. The molecular weight excluding hydrogens is 642 g/mol. The lowest BCUT2D eigenvalue weighted by Crippen LogP contribution is -2.06. The normalized spacial score (nSPS) is 14.6. The van der Waals surface area contributed by atoms with Crippen molar-refractivity contribution in [2.75, 3.05) is 14.2 Å². The van der Waals surface area contributed by atoms with Crippen LogP contribution in [0, 0.1) is 0 Å². The van der Waals surface area contributed by atoms with Crippen LogP contribution in [-0.4, -0.2) is 52.7 Å². The second-order valence-electron chi connectivity index (χ2n) is 9.71. The van der Waals surface area contributed by atoms with Crippen molar-refractivity contribution in [3.05, 3.63) is 62.6 Å². The summed E-state index contributed by atoms with van der Waals surface area (Å²) in [5.74, 6) is -1.13. The minimum absolute atomic E-state index is 0.173. The topological polar surface area (TPSA) is 89.9 Å². The molecule has 6 rings (SSSR count). The number of thiophene rings is 3. The Labute approximate surface area is 264 Å². The Hall–Kier alpha value is -1.88. The van der Waals surface area contributed by atoms with Crippen LogP contribution in [0.15, 0.2) is 14.5 Å². The van der Waals surface area contributed by atoms with E-state index in [0.29, 0.717) is 4.88 Å². The van der Waals surface area contributed by atoms with Gasteiger partial charge in [0.15, 0.2) is 0 Å². The fourth-order valence-corrected chi connectivity index (χ4v) is 9.36. The number of ether oxygens (including phenoxy) is 2. The summed E-state index contributed by atoms with van der Waals surface area (Å²) in [6.07, 6.45) is 13.5. The summed E-state index contributed by atoms with van der Waals surface area (Å²) in [6, 6.07) is 0. The van der Waals surface area contributed by atoms with Gasteiger partial charge in [-0.3, -0.25) is 0 Å². The lowest BCUT2D eigenvalue weighted by Gasteiger charge is -2.12. The Morgan fingerprint density at radius 3 is 1.63 bits per heavy atom. The molecule has 2 radical (unpaired) electrons. The third-order valence-corrected chi connectivity index (χ3v) is 11.4. The number of aryl methyl sites for hydroxylation is 2. The van der Waals surface area contributed by atoms with Gasteiger partial charge in [0.1, 0.15) is 14.6 Å². The fraction of sp³-hybridized carbons (Fsp3) is 0.483. The molecule has 0 spiro atoms. The highest BCUT2D eigenvalue weighted by molar-refractivity contribution is 9.11. The quantitative estimate of drug-likeness (QED) is 0.257. The van der Waals surface area contributed by atoms with Crippen LogP contribution in [0.3, 0.4) is 0 Å². The second kappa shape index (κ2) is 16.7. The predicted molar refractivity (Wildman–Crippen MR) is 176 cm³/mol. The van der Waals surface area contributed by atoms with Gasteiger partial charge in [0.05, 0.1) is 18.0 Å². The highest BCUT2D eigenvalue weighted by Gasteiger charge is 2.24. The number of carbonyl (C=O) groups excluding carboxylic acids is 2. The predicted octanol–water partition coefficient (Wildman–Crippen LogP) is 6.35. The van der Waals surface area contributed by atoms with Crippen molar-refractivity contribution in [2.24, 2.45) is 0 Å². The number of carbonyl (C=O) groups is 3. The van der Waals surface area contributed by atoms with Crippen molar-refractivity contribution in [2.45, 2.75) is 77.0 Å². The number of hydrogen-bond donors (Lipinski definition) is 1. The standard InChI is InChI=1S/C10H11BrO2S.C10H12O2S.C9H10O2S.B2H3/c1-13-10(12)8-6-4-2-3-5-7(6)9(11)14-8;1-12-10(11)9-8-5-3-2-4-7(8)6-13-9;10-9(11)8-7-4-2-1-3-6(7)5-12-8;1-2/h2-5H2,1H3;6H,2-5H2,1H3;5H,1-4H2,(H,10,11);1H3/q;;;-1. The van der Waals surface area contributed by atoms with Crippen LogP contribution in [0.4, 0.5) is 0 Å². The summed E-state index contributed by atoms with van der Waals surface area (Å²) in [6.45, 7) is 0. The van der Waals surface area contributed by atoms with Crippen molar-refractivity contribution >= 4 is 83.3 Å². The van der Waals surface area contributed by atoms with E-state index in [0.717, 1.165) is 64.0 Å². The maximum absolute atomic E-state index is 11.5. The number of hydrogen-bond acceptors (Lipinski definition) is 8. The fourth-order valence-electron chi connectivity index (χ4n) is 5.33. The molecular formula is C29H36B2BrO6S3-. The van der Waals surface area contributed by atoms with Crippen LogP contribution >= 0.6 is 49.9 Å². The number of rotatable bonds is 3. The SMILES string of the molecule is COC(=O)c1sc(Br)c2c1CCCC2.COC(=O)c1scc2c1CCCC2.O=C(O)c1scc2c1CCCC2.[B][BH3-]. The van der Waals surface area contributed by atoms with E-state index >= 15 is 0 Å². The minimum Gasteiger partial charge on any atom is -0.477 e. The molecule has 0 unspecified atom stereocenters. The molecule has 3 aromatic rings. The molecule has 0 bridgehead atoms. The molecule has 0 aliphatic heterocycles. The maximum atomic E-state index is 11.5. The van der Waals surface area contributed by atoms with Crippen molar-refractivity contribution in [3.63, 3.8) is 0 Å². The first-order chi connectivity index (χ1) is 19.8. The van der Waals surface area contributed by atoms with E-state index in [1.165, 1.54) is 108 Å². The van der Waals surface area contributed by atoms with E-state index in [9.17, 15) is 14.4 Å². The van der Waals surface area contributed by atoms with Crippen LogP contribution in [0.25, 0.3) is 0 Å². The first kappa shape index (κ1) is 33.6. The van der Waals surface area contributed by atoms with Gasteiger partial charge in [-0.15, -0.1) is 34.0 Å². The van der Waals surface area contributed by atoms with Crippen LogP contribution in [-0.2, 0) is 48.0 Å². The summed E-state index contributed by atoms with van der Waals surface area (Å²) >= 11 is 7.91. The molecule has 3 aliphatic rings. The van der Waals surface area contributed by atoms with Gasteiger partial charge < -0.3 is 14.6 Å². The molecule has 0 atom stereocenters. The van der Waals surface area contributed by atoms with E-state index in [4.69, 9.17) is 22.3 Å². The molecule has 0 saturated carbocycles. The zero-order chi connectivity index (χ0) is 29.9. The number of methoxy groups -OCH3 is 2. The van der Waals surface area contributed by atoms with E-state index in [-0.39, 0.29) is 19.7 Å². The summed E-state index contributed by atoms with van der Waals surface area (Å²) in [7, 11) is 7.88. The summed E-state index contributed by atoms with van der Waals surface area (Å²) in [4.78, 5) is 35.7. The van der Waals surface area contributed by atoms with Crippen LogP contribution in [0.5, 0.6) is 0 Å². The van der Waals surface area contributed by atoms with Gasteiger partial charge in [0.2, 0.25) is 0 Å². The molecule has 12 heteroatoms. The molecule has 0 saturated heterocycles. The van der Waals surface area contributed by atoms with E-state index in [1.807, 2.05) is 5.38 Å². The number of carboxylic acids is 1. The average Bonchev–Trinajstić information content (AvgIpc) is 3.74. The van der Waals surface area contributed by atoms with Crippen LogP contribution < -0.4 is 0 Å². The number of aromatic carboxylic acids is 1. The minimum atomic E-state index is -0.761. The first-order valence-corrected chi connectivity index (χ1v) is 16.6. The maximum Gasteiger partial charge on any atom is 0.348 e. The van der Waals surface area contributed by atoms with Gasteiger partial charge in [-0.05, 0) is 137 Å². The average molecular weight is 678 g/mol. The van der Waals surface area contributed by atoms with Crippen molar-refractivity contribution in [3.8, 4) is 0 Å². The highest BCUT2D eigenvalue weighted by Crippen LogP contribution is 2.38. The highest BCUT2D eigenvalue weighted by atomic mass is 79.9. The van der Waals surface area contributed by atoms with Gasteiger partial charge in [-0.25, -0.2) is 14.4 Å². The molecule has 3 aromatic heterocycles. The molecule has 220 valence electrons. The summed E-state index contributed by atoms with van der Waals surface area (Å²) < 4.78 is 10.6. The molecule has 3 aliphatic carbocycles. The van der Waals surface area contributed by atoms with Crippen molar-refractivity contribution in [1.29, 1.82) is 0 Å². The van der Waals surface area contributed by atoms with Gasteiger partial charge in [0, 0.05) is 0 Å². The van der Waals surface area contributed by atoms with E-state index in [2.05, 4.69) is 21.3 Å². The Morgan fingerprint density at radius 2 is 1.12 bits per heavy atom. The third-order valence-electron chi connectivity index (χ3n) is 7.31. The molecule has 3 heterocycles. The first-order valence-electron chi connectivity index (χ1n) is 13.2. The number of fused-ring (bicyclic) bond motifs is 3. The molecule has 0 fully saturated rings. The Balaban J connectivity index is 0.000000164. The summed E-state index contributed by atoms with van der Waals surface area (Å²) in [5.41, 5.74) is 7.49.